The maximum atomic E-state index is 14.5. The molecule has 1 aliphatic heterocycles. The molecule has 0 radical (unpaired) electrons. The van der Waals surface area contributed by atoms with E-state index in [1.165, 1.54) is 23.1 Å². The number of anilines is 1. The van der Waals surface area contributed by atoms with Gasteiger partial charge in [0.25, 0.3) is 0 Å². The first-order valence-corrected chi connectivity index (χ1v) is 12.8. The SMILES string of the molecule is CC1=CC(=O)C2=C(C[C@@H]3C(=CC[C@@H]4C(=O)N(c5ccc(C)c(Cl)c5)C(=O)[C@@H]43)[C@@H]2c2ccc(O)c(F)c2)C1=O. The molecule has 0 bridgehead atoms. The minimum Gasteiger partial charge on any atom is -0.505 e. The Balaban J connectivity index is 1.49. The van der Waals surface area contributed by atoms with Gasteiger partial charge < -0.3 is 5.11 Å². The number of rotatable bonds is 2. The highest BCUT2D eigenvalue weighted by molar-refractivity contribution is 6.32. The molecule has 0 spiro atoms. The number of amides is 2. The van der Waals surface area contributed by atoms with Gasteiger partial charge in [-0.25, -0.2) is 9.29 Å². The molecule has 8 heteroatoms. The monoisotopic (exact) mass is 531 g/mol. The van der Waals surface area contributed by atoms with Gasteiger partial charge >= 0.3 is 0 Å². The molecule has 1 heterocycles. The van der Waals surface area contributed by atoms with Crippen LogP contribution in [0.3, 0.4) is 0 Å². The molecule has 1 saturated heterocycles. The second-order valence-corrected chi connectivity index (χ2v) is 10.8. The summed E-state index contributed by atoms with van der Waals surface area (Å²) in [5.41, 5.74) is 3.19. The molecule has 4 atom stereocenters. The predicted molar refractivity (Wildman–Crippen MR) is 138 cm³/mol. The van der Waals surface area contributed by atoms with E-state index < -0.39 is 35.2 Å². The average molecular weight is 532 g/mol. The van der Waals surface area contributed by atoms with E-state index in [4.69, 9.17) is 11.6 Å². The number of ketones is 2. The van der Waals surface area contributed by atoms with Crippen LogP contribution in [0.2, 0.25) is 5.02 Å². The fourth-order valence-corrected chi connectivity index (χ4v) is 6.61. The van der Waals surface area contributed by atoms with Gasteiger partial charge in [0.15, 0.2) is 23.1 Å². The summed E-state index contributed by atoms with van der Waals surface area (Å²) in [7, 11) is 0. The van der Waals surface area contributed by atoms with Crippen molar-refractivity contribution in [3.05, 3.63) is 92.8 Å². The number of aromatic hydroxyl groups is 1. The number of phenols is 1. The highest BCUT2D eigenvalue weighted by Crippen LogP contribution is 2.55. The van der Waals surface area contributed by atoms with Crippen molar-refractivity contribution in [1.29, 1.82) is 0 Å². The number of halogens is 2. The van der Waals surface area contributed by atoms with Crippen LogP contribution >= 0.6 is 11.6 Å². The molecule has 0 saturated carbocycles. The molecule has 4 aliphatic rings. The molecule has 6 rings (SSSR count). The lowest BCUT2D eigenvalue weighted by Crippen LogP contribution is -2.39. The third kappa shape index (κ3) is 3.45. The molecule has 2 amide bonds. The summed E-state index contributed by atoms with van der Waals surface area (Å²) in [5.74, 6) is -5.37. The van der Waals surface area contributed by atoms with Crippen LogP contribution in [0.15, 0.2) is 70.8 Å². The average Bonchev–Trinajstić information content (AvgIpc) is 3.14. The van der Waals surface area contributed by atoms with Crippen molar-refractivity contribution in [2.24, 2.45) is 17.8 Å². The minimum atomic E-state index is -0.850. The van der Waals surface area contributed by atoms with E-state index in [0.29, 0.717) is 33.0 Å². The summed E-state index contributed by atoms with van der Waals surface area (Å²) in [6.07, 6.45) is 3.57. The molecule has 1 N–H and O–H groups in total. The number of imide groups is 1. The topological polar surface area (TPSA) is 91.8 Å². The van der Waals surface area contributed by atoms with Crippen molar-refractivity contribution in [3.63, 3.8) is 0 Å². The highest BCUT2D eigenvalue weighted by atomic mass is 35.5. The van der Waals surface area contributed by atoms with Gasteiger partial charge in [0, 0.05) is 27.7 Å². The predicted octanol–water partition coefficient (Wildman–Crippen LogP) is 5.13. The lowest BCUT2D eigenvalue weighted by molar-refractivity contribution is -0.123. The van der Waals surface area contributed by atoms with E-state index >= 15 is 0 Å². The number of phenolic OH excluding ortho intramolecular Hbond substituents is 1. The Hall–Kier alpha value is -3.84. The Bertz CT molecular complexity index is 1580. The number of carbonyl (C=O) groups is 4. The molecule has 0 unspecified atom stereocenters. The number of hydrogen-bond acceptors (Lipinski definition) is 5. The number of aryl methyl sites for hydroxylation is 1. The number of nitrogens with zero attached hydrogens (tertiary/aromatic N) is 1. The zero-order valence-electron chi connectivity index (χ0n) is 20.6. The lowest BCUT2D eigenvalue weighted by atomic mass is 9.59. The van der Waals surface area contributed by atoms with E-state index in [1.807, 2.05) is 13.0 Å². The first-order valence-electron chi connectivity index (χ1n) is 12.4. The van der Waals surface area contributed by atoms with Crippen LogP contribution in [-0.2, 0) is 19.2 Å². The van der Waals surface area contributed by atoms with E-state index in [-0.39, 0.29) is 41.8 Å². The fraction of sp³-hybridized carbons (Fsp3) is 0.267. The molecule has 38 heavy (non-hydrogen) atoms. The number of benzene rings is 2. The van der Waals surface area contributed by atoms with Crippen LogP contribution in [-0.4, -0.2) is 28.5 Å². The summed E-state index contributed by atoms with van der Waals surface area (Å²) in [6.45, 7) is 3.40. The largest absolute Gasteiger partial charge is 0.505 e. The molecule has 192 valence electrons. The Morgan fingerprint density at radius 1 is 1.00 bits per heavy atom. The van der Waals surface area contributed by atoms with Gasteiger partial charge in [-0.2, -0.15) is 0 Å². The zero-order chi connectivity index (χ0) is 27.0. The second kappa shape index (κ2) is 8.60. The second-order valence-electron chi connectivity index (χ2n) is 10.4. The Morgan fingerprint density at radius 3 is 2.47 bits per heavy atom. The zero-order valence-corrected chi connectivity index (χ0v) is 21.4. The van der Waals surface area contributed by atoms with Gasteiger partial charge in [-0.05, 0) is 74.1 Å². The highest BCUT2D eigenvalue weighted by Gasteiger charge is 2.56. The number of Topliss-reactive ketones (excluding diaryl/α,β-unsaturated/α-hetero) is 1. The normalized spacial score (nSPS) is 26.7. The fourth-order valence-electron chi connectivity index (χ4n) is 6.44. The maximum absolute atomic E-state index is 14.5. The van der Waals surface area contributed by atoms with E-state index in [0.717, 1.165) is 11.6 Å². The molecule has 3 aliphatic carbocycles. The van der Waals surface area contributed by atoms with E-state index in [2.05, 4.69) is 0 Å². The first kappa shape index (κ1) is 24.5. The van der Waals surface area contributed by atoms with Crippen LogP contribution in [0, 0.1) is 30.5 Å². The summed E-state index contributed by atoms with van der Waals surface area (Å²) in [6, 6.07) is 8.92. The maximum Gasteiger partial charge on any atom is 0.238 e. The third-order valence-corrected chi connectivity index (χ3v) is 8.69. The first-order chi connectivity index (χ1) is 18.1. The number of hydrogen-bond donors (Lipinski definition) is 1. The third-order valence-electron chi connectivity index (χ3n) is 8.28. The molecule has 1 fully saturated rings. The van der Waals surface area contributed by atoms with Crippen LogP contribution in [0.1, 0.15) is 36.8 Å². The number of fused-ring (bicyclic) bond motifs is 3. The smallest absolute Gasteiger partial charge is 0.238 e. The van der Waals surface area contributed by atoms with Crippen molar-refractivity contribution < 1.29 is 28.7 Å². The van der Waals surface area contributed by atoms with Crippen LogP contribution in [0.4, 0.5) is 10.1 Å². The van der Waals surface area contributed by atoms with Crippen molar-refractivity contribution >= 4 is 40.7 Å². The van der Waals surface area contributed by atoms with Crippen molar-refractivity contribution in [2.75, 3.05) is 4.90 Å². The summed E-state index contributed by atoms with van der Waals surface area (Å²) in [5, 5.41) is 10.2. The van der Waals surface area contributed by atoms with Gasteiger partial charge in [0.05, 0.1) is 17.5 Å². The number of carbonyl (C=O) groups excluding carboxylic acids is 4. The van der Waals surface area contributed by atoms with Crippen LogP contribution in [0.5, 0.6) is 5.75 Å². The van der Waals surface area contributed by atoms with Crippen molar-refractivity contribution in [3.8, 4) is 5.75 Å². The van der Waals surface area contributed by atoms with E-state index in [1.54, 1.807) is 25.1 Å². The standard InChI is InChI=1S/C30H23ClFNO5/c1-13-3-5-16(11-21(13)31)33-29(37)18-7-6-17-19(26(18)30(33)38)12-20-27(24(35)9-14(2)28(20)36)25(17)15-4-8-23(34)22(32)10-15/h3-6,8-11,18-19,25-26,34H,7,12H2,1-2H3/t18-,19+,25-,26-/m0/s1. The van der Waals surface area contributed by atoms with Gasteiger partial charge in [0.1, 0.15) is 0 Å². The molecule has 6 nitrogen and oxygen atoms in total. The summed E-state index contributed by atoms with van der Waals surface area (Å²) < 4.78 is 14.5. The Morgan fingerprint density at radius 2 is 1.76 bits per heavy atom. The molecular formula is C30H23ClFNO5. The molecular weight excluding hydrogens is 509 g/mol. The summed E-state index contributed by atoms with van der Waals surface area (Å²) in [4.78, 5) is 55.1. The Kier molecular flexibility index (Phi) is 5.54. The summed E-state index contributed by atoms with van der Waals surface area (Å²) >= 11 is 6.29. The minimum absolute atomic E-state index is 0.136. The van der Waals surface area contributed by atoms with Crippen molar-refractivity contribution in [2.45, 2.75) is 32.6 Å². The lowest BCUT2D eigenvalue weighted by Gasteiger charge is -2.42. The Labute approximate surface area is 223 Å². The van der Waals surface area contributed by atoms with Gasteiger partial charge in [0.2, 0.25) is 11.8 Å². The van der Waals surface area contributed by atoms with Gasteiger partial charge in [-0.1, -0.05) is 35.4 Å². The molecule has 2 aromatic carbocycles. The number of allylic oxidation sites excluding steroid dienone is 6. The molecule has 0 aromatic heterocycles. The van der Waals surface area contributed by atoms with E-state index in [9.17, 15) is 28.7 Å². The van der Waals surface area contributed by atoms with Gasteiger partial charge in [-0.15, -0.1) is 0 Å². The molecule has 2 aromatic rings. The van der Waals surface area contributed by atoms with Crippen LogP contribution in [0.25, 0.3) is 0 Å². The van der Waals surface area contributed by atoms with Crippen molar-refractivity contribution in [1.82, 2.24) is 0 Å². The van der Waals surface area contributed by atoms with Crippen LogP contribution < -0.4 is 4.90 Å². The quantitative estimate of drug-likeness (QED) is 0.330. The van der Waals surface area contributed by atoms with Gasteiger partial charge in [-0.3, -0.25) is 19.2 Å².